The molecule has 0 aliphatic rings. The van der Waals surface area contributed by atoms with Crippen LogP contribution in [0.15, 0.2) is 45.9 Å². The number of furan rings is 1. The average molecular weight is 372 g/mol. The summed E-state index contributed by atoms with van der Waals surface area (Å²) in [6.07, 6.45) is 0.0367. The van der Waals surface area contributed by atoms with Gasteiger partial charge >= 0.3 is 5.91 Å². The lowest BCUT2D eigenvalue weighted by Crippen LogP contribution is -2.42. The first-order valence-corrected chi connectivity index (χ1v) is 8.55. The van der Waals surface area contributed by atoms with Gasteiger partial charge in [0.05, 0.1) is 6.42 Å². The maximum absolute atomic E-state index is 11.8. The average Bonchev–Trinajstić information content (AvgIpc) is 3.06. The molecular formula is C14H14ClN3O5S. The van der Waals surface area contributed by atoms with Gasteiger partial charge in [0, 0.05) is 5.02 Å². The second kappa shape index (κ2) is 7.47. The molecular weight excluding hydrogens is 358 g/mol. The Labute approximate surface area is 143 Å². The number of carbonyl (C=O) groups is 2. The zero-order valence-electron chi connectivity index (χ0n) is 12.5. The van der Waals surface area contributed by atoms with Gasteiger partial charge < -0.3 is 4.42 Å². The van der Waals surface area contributed by atoms with Crippen molar-refractivity contribution in [1.82, 2.24) is 15.6 Å². The molecule has 0 bridgehead atoms. The summed E-state index contributed by atoms with van der Waals surface area (Å²) < 4.78 is 30.0. The third-order valence-corrected chi connectivity index (χ3v) is 4.47. The zero-order valence-corrected chi connectivity index (χ0v) is 14.1. The number of rotatable bonds is 5. The van der Waals surface area contributed by atoms with Crippen LogP contribution in [0.25, 0.3) is 0 Å². The summed E-state index contributed by atoms with van der Waals surface area (Å²) in [5.74, 6) is -1.49. The van der Waals surface area contributed by atoms with Gasteiger partial charge in [0.25, 0.3) is 10.0 Å². The van der Waals surface area contributed by atoms with Gasteiger partial charge in [0.2, 0.25) is 11.0 Å². The Morgan fingerprint density at radius 1 is 1.08 bits per heavy atom. The normalized spacial score (nSPS) is 11.1. The van der Waals surface area contributed by atoms with Crippen molar-refractivity contribution in [2.75, 3.05) is 7.05 Å². The summed E-state index contributed by atoms with van der Waals surface area (Å²) in [5, 5.41) is 0.153. The van der Waals surface area contributed by atoms with Crippen LogP contribution in [0.4, 0.5) is 0 Å². The lowest BCUT2D eigenvalue weighted by Gasteiger charge is -2.06. The Morgan fingerprint density at radius 3 is 2.38 bits per heavy atom. The van der Waals surface area contributed by atoms with E-state index in [0.29, 0.717) is 10.6 Å². The third kappa shape index (κ3) is 4.57. The smallest absolute Gasteiger partial charge is 0.305 e. The molecule has 0 spiro atoms. The molecule has 10 heteroatoms. The first-order valence-electron chi connectivity index (χ1n) is 6.69. The fourth-order valence-corrected chi connectivity index (χ4v) is 2.48. The van der Waals surface area contributed by atoms with Crippen molar-refractivity contribution in [3.8, 4) is 0 Å². The van der Waals surface area contributed by atoms with Crippen LogP contribution in [0.1, 0.15) is 16.1 Å². The standard InChI is InChI=1S/C14H14ClN3O5S/c1-16-24(21,22)13-7-6-11(23-13)14(20)18-17-12(19)8-9-2-4-10(15)5-3-9/h2-7,16H,8H2,1H3,(H,17,19)(H,18,20). The number of nitrogens with one attached hydrogen (secondary N) is 3. The minimum atomic E-state index is -3.78. The maximum Gasteiger partial charge on any atom is 0.305 e. The van der Waals surface area contributed by atoms with Crippen molar-refractivity contribution in [3.63, 3.8) is 0 Å². The summed E-state index contributed by atoms with van der Waals surface area (Å²) in [4.78, 5) is 23.6. The number of carbonyl (C=O) groups excluding carboxylic acids is 2. The molecule has 3 N–H and O–H groups in total. The van der Waals surface area contributed by atoms with E-state index >= 15 is 0 Å². The Hall–Kier alpha value is -2.36. The predicted octanol–water partition coefficient (Wildman–Crippen LogP) is 0.845. The van der Waals surface area contributed by atoms with Crippen LogP contribution in [-0.2, 0) is 21.2 Å². The van der Waals surface area contributed by atoms with E-state index in [1.165, 1.54) is 13.1 Å². The number of hydrazine groups is 1. The molecule has 0 unspecified atom stereocenters. The van der Waals surface area contributed by atoms with Crippen LogP contribution in [0, 0.1) is 0 Å². The summed E-state index contributed by atoms with van der Waals surface area (Å²) in [7, 11) is -2.56. The highest BCUT2D eigenvalue weighted by molar-refractivity contribution is 7.89. The van der Waals surface area contributed by atoms with Crippen LogP contribution in [0.5, 0.6) is 0 Å². The van der Waals surface area contributed by atoms with E-state index in [-0.39, 0.29) is 12.2 Å². The summed E-state index contributed by atoms with van der Waals surface area (Å²) in [6.45, 7) is 0. The SMILES string of the molecule is CNS(=O)(=O)c1ccc(C(=O)NNC(=O)Cc2ccc(Cl)cc2)o1. The molecule has 0 saturated carbocycles. The largest absolute Gasteiger partial charge is 0.438 e. The predicted molar refractivity (Wildman–Crippen MR) is 85.7 cm³/mol. The summed E-state index contributed by atoms with van der Waals surface area (Å²) in [6, 6.07) is 8.99. The van der Waals surface area contributed by atoms with Gasteiger partial charge in [-0.05, 0) is 36.9 Å². The molecule has 2 aromatic rings. The van der Waals surface area contributed by atoms with Crippen molar-refractivity contribution in [2.45, 2.75) is 11.5 Å². The fourth-order valence-electron chi connectivity index (χ4n) is 1.71. The molecule has 2 rings (SSSR count). The molecule has 1 aromatic heterocycles. The summed E-state index contributed by atoms with van der Waals surface area (Å²) >= 11 is 5.75. The van der Waals surface area contributed by atoms with Gasteiger partial charge in [-0.2, -0.15) is 0 Å². The number of hydrogen-bond acceptors (Lipinski definition) is 5. The van der Waals surface area contributed by atoms with Gasteiger partial charge in [0.1, 0.15) is 0 Å². The molecule has 0 saturated heterocycles. The van der Waals surface area contributed by atoms with Crippen LogP contribution in [-0.4, -0.2) is 27.3 Å². The molecule has 1 aromatic carbocycles. The lowest BCUT2D eigenvalue weighted by molar-refractivity contribution is -0.121. The number of halogens is 1. The van der Waals surface area contributed by atoms with E-state index < -0.39 is 26.9 Å². The van der Waals surface area contributed by atoms with Crippen molar-refractivity contribution in [3.05, 3.63) is 52.7 Å². The molecule has 2 amide bonds. The van der Waals surface area contributed by atoms with Crippen LogP contribution in [0.2, 0.25) is 5.02 Å². The molecule has 8 nitrogen and oxygen atoms in total. The maximum atomic E-state index is 11.8. The highest BCUT2D eigenvalue weighted by atomic mass is 35.5. The van der Waals surface area contributed by atoms with Gasteiger partial charge in [0.15, 0.2) is 5.76 Å². The minimum absolute atomic E-state index is 0.0367. The number of benzene rings is 1. The van der Waals surface area contributed by atoms with Crippen LogP contribution < -0.4 is 15.6 Å². The number of sulfonamides is 1. The van der Waals surface area contributed by atoms with E-state index in [2.05, 4.69) is 15.6 Å². The van der Waals surface area contributed by atoms with E-state index in [1.807, 2.05) is 0 Å². The van der Waals surface area contributed by atoms with Gasteiger partial charge in [-0.3, -0.25) is 20.4 Å². The Balaban J connectivity index is 1.91. The second-order valence-corrected chi connectivity index (χ2v) is 6.89. The van der Waals surface area contributed by atoms with Gasteiger partial charge in [-0.15, -0.1) is 0 Å². The molecule has 0 fully saturated rings. The topological polar surface area (TPSA) is 118 Å². The Morgan fingerprint density at radius 2 is 1.75 bits per heavy atom. The highest BCUT2D eigenvalue weighted by Crippen LogP contribution is 2.13. The van der Waals surface area contributed by atoms with Crippen molar-refractivity contribution >= 4 is 33.4 Å². The Bertz CT molecular complexity index is 846. The molecule has 128 valence electrons. The van der Waals surface area contributed by atoms with E-state index in [9.17, 15) is 18.0 Å². The van der Waals surface area contributed by atoms with Crippen LogP contribution in [0.3, 0.4) is 0 Å². The molecule has 0 aliphatic carbocycles. The number of amides is 2. The quantitative estimate of drug-likeness (QED) is 0.673. The van der Waals surface area contributed by atoms with Crippen LogP contribution >= 0.6 is 11.6 Å². The van der Waals surface area contributed by atoms with Crippen molar-refractivity contribution < 1.29 is 22.4 Å². The molecule has 0 radical (unpaired) electrons. The van der Waals surface area contributed by atoms with Gasteiger partial charge in [-0.25, -0.2) is 13.1 Å². The number of hydrogen-bond donors (Lipinski definition) is 3. The second-order valence-electron chi connectivity index (χ2n) is 4.63. The molecule has 24 heavy (non-hydrogen) atoms. The van der Waals surface area contributed by atoms with Crippen molar-refractivity contribution in [1.29, 1.82) is 0 Å². The minimum Gasteiger partial charge on any atom is -0.438 e. The Kier molecular flexibility index (Phi) is 5.60. The lowest BCUT2D eigenvalue weighted by atomic mass is 10.1. The molecule has 0 aliphatic heterocycles. The first-order chi connectivity index (χ1) is 11.3. The third-order valence-electron chi connectivity index (χ3n) is 2.93. The highest BCUT2D eigenvalue weighted by Gasteiger charge is 2.19. The fraction of sp³-hybridized carbons (Fsp3) is 0.143. The van der Waals surface area contributed by atoms with E-state index in [1.54, 1.807) is 24.3 Å². The van der Waals surface area contributed by atoms with Gasteiger partial charge in [-0.1, -0.05) is 23.7 Å². The van der Waals surface area contributed by atoms with E-state index in [0.717, 1.165) is 6.07 Å². The molecule has 0 atom stereocenters. The monoisotopic (exact) mass is 371 g/mol. The van der Waals surface area contributed by atoms with Crippen molar-refractivity contribution in [2.24, 2.45) is 0 Å². The first kappa shape index (κ1) is 18.0. The summed E-state index contributed by atoms with van der Waals surface area (Å²) in [5.41, 5.74) is 5.06. The molecule has 1 heterocycles. The zero-order chi connectivity index (χ0) is 17.7. The van der Waals surface area contributed by atoms with E-state index in [4.69, 9.17) is 16.0 Å².